The van der Waals surface area contributed by atoms with Gasteiger partial charge in [-0.1, -0.05) is 11.6 Å². The Morgan fingerprint density at radius 1 is 1.47 bits per heavy atom. The van der Waals surface area contributed by atoms with Crippen molar-refractivity contribution in [2.75, 3.05) is 5.32 Å². The number of halogens is 2. The maximum absolute atomic E-state index is 12.7. The zero-order chi connectivity index (χ0) is 10.7. The highest BCUT2D eigenvalue weighted by Crippen LogP contribution is 2.23. The summed E-state index contributed by atoms with van der Waals surface area (Å²) < 4.78 is 12.7. The van der Waals surface area contributed by atoms with E-state index in [1.54, 1.807) is 29.1 Å². The van der Waals surface area contributed by atoms with Gasteiger partial charge in [0.1, 0.15) is 5.82 Å². The molecule has 78 valence electrons. The number of nitrogens with one attached hydrogen (secondary N) is 1. The molecule has 0 amide bonds. The molecule has 0 aliphatic heterocycles. The normalized spacial score (nSPS) is 10.3. The molecule has 0 fully saturated rings. The third kappa shape index (κ3) is 2.67. The van der Waals surface area contributed by atoms with Gasteiger partial charge >= 0.3 is 0 Å². The Bertz CT molecular complexity index is 445. The molecule has 1 N–H and O–H groups in total. The monoisotopic (exact) mass is 242 g/mol. The summed E-state index contributed by atoms with van der Waals surface area (Å²) in [6, 6.07) is 4.29. The minimum atomic E-state index is -0.330. The predicted octanol–water partition coefficient (Wildman–Crippen LogP) is 3.55. The van der Waals surface area contributed by atoms with Crippen LogP contribution in [0.3, 0.4) is 0 Å². The van der Waals surface area contributed by atoms with Gasteiger partial charge in [0.15, 0.2) is 0 Å². The van der Waals surface area contributed by atoms with Crippen molar-refractivity contribution in [3.8, 4) is 0 Å². The molecule has 0 saturated heterocycles. The molecule has 1 aromatic carbocycles. The molecule has 2 nitrogen and oxygen atoms in total. The highest BCUT2D eigenvalue weighted by atomic mass is 35.5. The van der Waals surface area contributed by atoms with Crippen LogP contribution in [0, 0.1) is 5.82 Å². The molecule has 0 saturated carbocycles. The van der Waals surface area contributed by atoms with E-state index in [-0.39, 0.29) is 5.82 Å². The number of anilines is 1. The van der Waals surface area contributed by atoms with Crippen molar-refractivity contribution >= 4 is 28.6 Å². The molecule has 0 atom stereocenters. The first-order valence-electron chi connectivity index (χ1n) is 4.32. The lowest BCUT2D eigenvalue weighted by Gasteiger charge is -2.06. The molecule has 0 unspecified atom stereocenters. The molecule has 0 aliphatic rings. The summed E-state index contributed by atoms with van der Waals surface area (Å²) in [6.45, 7) is 0.649. The van der Waals surface area contributed by atoms with E-state index in [2.05, 4.69) is 10.3 Å². The Hall–Kier alpha value is -1.13. The molecular weight excluding hydrogens is 235 g/mol. The van der Waals surface area contributed by atoms with E-state index in [1.807, 2.05) is 0 Å². The maximum atomic E-state index is 12.7. The fraction of sp³-hybridized carbons (Fsp3) is 0.100. The molecule has 5 heteroatoms. The molecule has 15 heavy (non-hydrogen) atoms. The lowest BCUT2D eigenvalue weighted by atomic mass is 10.3. The second-order valence-corrected chi connectivity index (χ2v) is 4.32. The van der Waals surface area contributed by atoms with Gasteiger partial charge in [-0.2, -0.15) is 0 Å². The molecule has 1 heterocycles. The standard InChI is InChI=1S/C10H8ClFN2S/c11-9-3-7(12)1-2-10(9)14-5-8-4-13-6-15-8/h1-4,6,14H,5H2. The van der Waals surface area contributed by atoms with Crippen LogP contribution in [0.1, 0.15) is 4.88 Å². The van der Waals surface area contributed by atoms with Crippen molar-refractivity contribution in [3.63, 3.8) is 0 Å². The molecule has 0 bridgehead atoms. The van der Waals surface area contributed by atoms with Crippen LogP contribution in [0.4, 0.5) is 10.1 Å². The summed E-state index contributed by atoms with van der Waals surface area (Å²) in [5.74, 6) is -0.330. The van der Waals surface area contributed by atoms with E-state index < -0.39 is 0 Å². The van der Waals surface area contributed by atoms with E-state index >= 15 is 0 Å². The van der Waals surface area contributed by atoms with Gasteiger partial charge in [-0.15, -0.1) is 11.3 Å². The number of nitrogens with zero attached hydrogens (tertiary/aromatic N) is 1. The second-order valence-electron chi connectivity index (χ2n) is 2.95. The van der Waals surface area contributed by atoms with Crippen LogP contribution in [-0.2, 0) is 6.54 Å². The van der Waals surface area contributed by atoms with Gasteiger partial charge < -0.3 is 5.32 Å². The van der Waals surface area contributed by atoms with Crippen LogP contribution in [0.5, 0.6) is 0 Å². The van der Waals surface area contributed by atoms with Crippen molar-refractivity contribution < 1.29 is 4.39 Å². The Morgan fingerprint density at radius 2 is 2.33 bits per heavy atom. The van der Waals surface area contributed by atoms with E-state index in [9.17, 15) is 4.39 Å². The van der Waals surface area contributed by atoms with Crippen molar-refractivity contribution in [1.82, 2.24) is 4.98 Å². The third-order valence-corrected chi connectivity index (χ3v) is 2.96. The van der Waals surface area contributed by atoms with E-state index in [1.165, 1.54) is 12.1 Å². The molecule has 0 aliphatic carbocycles. The fourth-order valence-corrected chi connectivity index (χ4v) is 1.91. The van der Waals surface area contributed by atoms with Gasteiger partial charge in [0.05, 0.1) is 22.8 Å². The van der Waals surface area contributed by atoms with Gasteiger partial charge in [0.25, 0.3) is 0 Å². The second kappa shape index (κ2) is 4.59. The van der Waals surface area contributed by atoms with E-state index in [4.69, 9.17) is 11.6 Å². The molecule has 1 aromatic heterocycles. The van der Waals surface area contributed by atoms with Crippen molar-refractivity contribution in [1.29, 1.82) is 0 Å². The number of aromatic nitrogens is 1. The average Bonchev–Trinajstić information content (AvgIpc) is 2.69. The summed E-state index contributed by atoms with van der Waals surface area (Å²) in [5.41, 5.74) is 2.50. The maximum Gasteiger partial charge on any atom is 0.124 e. The largest absolute Gasteiger partial charge is 0.379 e. The summed E-state index contributed by atoms with van der Waals surface area (Å²) in [7, 11) is 0. The lowest BCUT2D eigenvalue weighted by molar-refractivity contribution is 0.628. The van der Waals surface area contributed by atoms with Gasteiger partial charge in [-0.3, -0.25) is 4.98 Å². The van der Waals surface area contributed by atoms with Gasteiger partial charge in [0.2, 0.25) is 0 Å². The van der Waals surface area contributed by atoms with Gasteiger partial charge in [-0.25, -0.2) is 4.39 Å². The smallest absolute Gasteiger partial charge is 0.124 e. The highest BCUT2D eigenvalue weighted by Gasteiger charge is 2.01. The lowest BCUT2D eigenvalue weighted by Crippen LogP contribution is -1.98. The first kappa shape index (κ1) is 10.4. The number of hydrogen-bond acceptors (Lipinski definition) is 3. The van der Waals surface area contributed by atoms with E-state index in [0.29, 0.717) is 11.6 Å². The predicted molar refractivity (Wildman–Crippen MR) is 60.9 cm³/mol. The Labute approximate surface area is 95.7 Å². The van der Waals surface area contributed by atoms with Crippen LogP contribution in [-0.4, -0.2) is 4.98 Å². The van der Waals surface area contributed by atoms with Crippen LogP contribution in [0.15, 0.2) is 29.9 Å². The summed E-state index contributed by atoms with van der Waals surface area (Å²) in [5, 5.41) is 3.50. The number of thiazole rings is 1. The zero-order valence-corrected chi connectivity index (χ0v) is 9.28. The summed E-state index contributed by atoms with van der Waals surface area (Å²) >= 11 is 7.42. The third-order valence-electron chi connectivity index (χ3n) is 1.87. The van der Waals surface area contributed by atoms with Crippen LogP contribution in [0.2, 0.25) is 5.02 Å². The van der Waals surface area contributed by atoms with Crippen molar-refractivity contribution in [2.24, 2.45) is 0 Å². The quantitative estimate of drug-likeness (QED) is 0.891. The number of hydrogen-bond donors (Lipinski definition) is 1. The SMILES string of the molecule is Fc1ccc(NCc2cncs2)c(Cl)c1. The topological polar surface area (TPSA) is 24.9 Å². The van der Waals surface area contributed by atoms with Gasteiger partial charge in [-0.05, 0) is 18.2 Å². The zero-order valence-electron chi connectivity index (χ0n) is 7.71. The molecule has 2 aromatic rings. The minimum Gasteiger partial charge on any atom is -0.379 e. The first-order valence-corrected chi connectivity index (χ1v) is 5.58. The number of rotatable bonds is 3. The average molecular weight is 243 g/mol. The summed E-state index contributed by atoms with van der Waals surface area (Å²) in [6.07, 6.45) is 1.79. The molecular formula is C10H8ClFN2S. The summed E-state index contributed by atoms with van der Waals surface area (Å²) in [4.78, 5) is 5.06. The molecule has 2 rings (SSSR count). The first-order chi connectivity index (χ1) is 7.25. The van der Waals surface area contributed by atoms with E-state index in [0.717, 1.165) is 10.6 Å². The van der Waals surface area contributed by atoms with Crippen LogP contribution >= 0.6 is 22.9 Å². The van der Waals surface area contributed by atoms with Crippen molar-refractivity contribution in [2.45, 2.75) is 6.54 Å². The number of benzene rings is 1. The minimum absolute atomic E-state index is 0.330. The van der Waals surface area contributed by atoms with Gasteiger partial charge in [0, 0.05) is 11.1 Å². The Kier molecular flexibility index (Phi) is 3.18. The fourth-order valence-electron chi connectivity index (χ4n) is 1.14. The van der Waals surface area contributed by atoms with Crippen LogP contribution < -0.4 is 5.32 Å². The van der Waals surface area contributed by atoms with Crippen LogP contribution in [0.25, 0.3) is 0 Å². The molecule has 0 spiro atoms. The van der Waals surface area contributed by atoms with Crippen molar-refractivity contribution in [3.05, 3.63) is 45.6 Å². The Balaban J connectivity index is 2.05. The Morgan fingerprint density at radius 3 is 3.00 bits per heavy atom. The highest BCUT2D eigenvalue weighted by molar-refractivity contribution is 7.09. The molecule has 0 radical (unpaired) electrons.